The number of hydrogen-bond acceptors (Lipinski definition) is 8. The molecule has 1 saturated heterocycles. The Morgan fingerprint density at radius 3 is 3.07 bits per heavy atom. The smallest absolute Gasteiger partial charge is 0.346 e. The zero-order chi connectivity index (χ0) is 20.8. The summed E-state index contributed by atoms with van der Waals surface area (Å²) in [6.07, 6.45) is 3.31. The van der Waals surface area contributed by atoms with E-state index in [-0.39, 0.29) is 23.9 Å². The highest BCUT2D eigenvalue weighted by molar-refractivity contribution is 7.20. The molecule has 30 heavy (non-hydrogen) atoms. The van der Waals surface area contributed by atoms with Crippen molar-refractivity contribution in [3.05, 3.63) is 52.6 Å². The number of halogens is 1. The number of rotatable bonds is 5. The third-order valence-electron chi connectivity index (χ3n) is 5.00. The molecule has 2 atom stereocenters. The van der Waals surface area contributed by atoms with Gasteiger partial charge in [-0.3, -0.25) is 0 Å². The monoisotopic (exact) mass is 429 g/mol. The summed E-state index contributed by atoms with van der Waals surface area (Å²) in [6.45, 7) is 1.94. The molecule has 3 aromatic rings. The van der Waals surface area contributed by atoms with Gasteiger partial charge in [0.1, 0.15) is 51.4 Å². The predicted molar refractivity (Wildman–Crippen MR) is 107 cm³/mol. The normalized spacial score (nSPS) is 20.0. The molecule has 5 rings (SSSR count). The van der Waals surface area contributed by atoms with Gasteiger partial charge in [0.25, 0.3) is 0 Å². The third kappa shape index (κ3) is 3.23. The van der Waals surface area contributed by atoms with Crippen LogP contribution in [0, 0.1) is 12.7 Å². The molecule has 2 N–H and O–H groups in total. The number of anilines is 2. The van der Waals surface area contributed by atoms with Gasteiger partial charge in [-0.25, -0.2) is 19.2 Å². The average Bonchev–Trinajstić information content (AvgIpc) is 3.38. The number of fused-ring (bicyclic) bond motifs is 2. The molecule has 1 aromatic carbocycles. The molecule has 0 bridgehead atoms. The Labute approximate surface area is 173 Å². The number of aromatic carboxylic acids is 1. The highest BCUT2D eigenvalue weighted by atomic mass is 32.1. The van der Waals surface area contributed by atoms with Gasteiger partial charge in [-0.2, -0.15) is 0 Å². The number of aromatic nitrogens is 2. The first-order valence-electron chi connectivity index (χ1n) is 9.16. The summed E-state index contributed by atoms with van der Waals surface area (Å²) in [5.74, 6) is -0.00224. The topological polar surface area (TPSA) is 103 Å². The van der Waals surface area contributed by atoms with Gasteiger partial charge < -0.3 is 24.6 Å². The molecule has 0 saturated carbocycles. The molecule has 2 aliphatic rings. The fraction of sp³-hybridized carbons (Fsp3) is 0.250. The van der Waals surface area contributed by atoms with Crippen LogP contribution in [-0.2, 0) is 9.47 Å². The number of nitrogens with zero attached hydrogens (tertiary/aromatic N) is 2. The van der Waals surface area contributed by atoms with E-state index in [1.54, 1.807) is 13.0 Å². The molecule has 8 nitrogen and oxygen atoms in total. The van der Waals surface area contributed by atoms with Gasteiger partial charge in [-0.1, -0.05) is 0 Å². The zero-order valence-electron chi connectivity index (χ0n) is 15.7. The fourth-order valence-corrected chi connectivity index (χ4v) is 4.59. The van der Waals surface area contributed by atoms with E-state index in [9.17, 15) is 14.3 Å². The van der Waals surface area contributed by atoms with E-state index in [0.717, 1.165) is 17.1 Å². The van der Waals surface area contributed by atoms with Gasteiger partial charge in [0, 0.05) is 12.5 Å². The number of nitrogens with one attached hydrogen (secondary N) is 1. The minimum atomic E-state index is -1.02. The number of hydrogen-bond donors (Lipinski definition) is 2. The van der Waals surface area contributed by atoms with Crippen LogP contribution in [0.4, 0.5) is 15.9 Å². The van der Waals surface area contributed by atoms with Crippen molar-refractivity contribution in [2.75, 3.05) is 12.1 Å². The molecular formula is C20H16FN3O5S. The molecule has 0 amide bonds. The fourth-order valence-electron chi connectivity index (χ4n) is 3.60. The molecule has 2 aromatic heterocycles. The molecule has 2 unspecified atom stereocenters. The summed E-state index contributed by atoms with van der Waals surface area (Å²) in [7, 11) is 0. The Hall–Kier alpha value is -3.24. The summed E-state index contributed by atoms with van der Waals surface area (Å²) in [5.41, 5.74) is 1.06. The highest BCUT2D eigenvalue weighted by Crippen LogP contribution is 2.38. The zero-order valence-corrected chi connectivity index (χ0v) is 16.5. The minimum Gasteiger partial charge on any atom is -0.484 e. The molecule has 1 fully saturated rings. The van der Waals surface area contributed by atoms with E-state index in [0.29, 0.717) is 39.5 Å². The molecule has 0 radical (unpaired) electrons. The lowest BCUT2D eigenvalue weighted by Gasteiger charge is -2.17. The molecule has 1 aliphatic heterocycles. The lowest BCUT2D eigenvalue weighted by molar-refractivity contribution is 0.0348. The first kappa shape index (κ1) is 18.8. The Bertz CT molecular complexity index is 1190. The van der Waals surface area contributed by atoms with E-state index in [1.165, 1.54) is 18.5 Å². The van der Waals surface area contributed by atoms with Crippen molar-refractivity contribution >= 4 is 39.0 Å². The molecule has 10 heteroatoms. The van der Waals surface area contributed by atoms with Crippen molar-refractivity contribution < 1.29 is 28.5 Å². The second-order valence-electron chi connectivity index (χ2n) is 6.91. The van der Waals surface area contributed by atoms with Gasteiger partial charge in [0.05, 0.1) is 11.1 Å². The van der Waals surface area contributed by atoms with Crippen LogP contribution in [-0.4, -0.2) is 40.0 Å². The van der Waals surface area contributed by atoms with Crippen molar-refractivity contribution in [1.82, 2.24) is 9.97 Å². The van der Waals surface area contributed by atoms with Gasteiger partial charge in [-0.15, -0.1) is 11.3 Å². The lowest BCUT2D eigenvalue weighted by Crippen LogP contribution is -2.16. The molecule has 0 spiro atoms. The maximum Gasteiger partial charge on any atom is 0.346 e. The van der Waals surface area contributed by atoms with Crippen molar-refractivity contribution in [3.8, 4) is 5.75 Å². The molecule has 1 aliphatic carbocycles. The van der Waals surface area contributed by atoms with Crippen LogP contribution in [0.3, 0.4) is 0 Å². The van der Waals surface area contributed by atoms with E-state index in [1.807, 2.05) is 6.08 Å². The summed E-state index contributed by atoms with van der Waals surface area (Å²) in [5, 5.41) is 13.2. The van der Waals surface area contributed by atoms with Gasteiger partial charge in [0.15, 0.2) is 6.79 Å². The third-order valence-corrected chi connectivity index (χ3v) is 6.19. The summed E-state index contributed by atoms with van der Waals surface area (Å²) < 4.78 is 30.8. The maximum atomic E-state index is 13.9. The number of carboxylic acid groups (broad SMARTS) is 1. The Balaban J connectivity index is 1.48. The Kier molecular flexibility index (Phi) is 4.52. The van der Waals surface area contributed by atoms with Crippen molar-refractivity contribution in [1.29, 1.82) is 0 Å². The van der Waals surface area contributed by atoms with Gasteiger partial charge in [0.2, 0.25) is 0 Å². The van der Waals surface area contributed by atoms with Crippen molar-refractivity contribution in [2.45, 2.75) is 25.6 Å². The number of thiophene rings is 1. The first-order chi connectivity index (χ1) is 14.5. The van der Waals surface area contributed by atoms with Crippen LogP contribution in [0.2, 0.25) is 0 Å². The van der Waals surface area contributed by atoms with Crippen molar-refractivity contribution in [2.24, 2.45) is 0 Å². The second kappa shape index (κ2) is 7.22. The number of aryl methyl sites for hydroxylation is 1. The van der Waals surface area contributed by atoms with Crippen LogP contribution in [0.15, 0.2) is 36.4 Å². The van der Waals surface area contributed by atoms with E-state index < -0.39 is 11.8 Å². The number of benzene rings is 1. The standard InChI is InChI=1S/C20H16FN3O5S/c1-9-16-18(22-7-23-19(16)30-17(9)20(25)26)24-12-3-2-10(21)4-13(12)29-11-5-14-15(6-11)28-8-27-14/h2-5,7,11,15H,6,8H2,1H3,(H,25,26)(H,22,23,24). The number of carboxylic acids is 1. The van der Waals surface area contributed by atoms with E-state index in [4.69, 9.17) is 14.2 Å². The number of ether oxygens (including phenoxy) is 3. The second-order valence-corrected chi connectivity index (χ2v) is 7.91. The van der Waals surface area contributed by atoms with Crippen LogP contribution in [0.5, 0.6) is 5.75 Å². The predicted octanol–water partition coefficient (Wildman–Crippen LogP) is 3.99. The van der Waals surface area contributed by atoms with E-state index in [2.05, 4.69) is 15.3 Å². The summed E-state index contributed by atoms with van der Waals surface area (Å²) in [4.78, 5) is 20.7. The Morgan fingerprint density at radius 2 is 2.27 bits per heavy atom. The van der Waals surface area contributed by atoms with Crippen LogP contribution < -0.4 is 10.1 Å². The highest BCUT2D eigenvalue weighted by Gasteiger charge is 2.34. The SMILES string of the molecule is Cc1c(C(=O)O)sc2ncnc(Nc3ccc(F)cc3OC3C=C4OCOC4C3)c12. The first-order valence-corrected chi connectivity index (χ1v) is 9.98. The quantitative estimate of drug-likeness (QED) is 0.628. The van der Waals surface area contributed by atoms with Gasteiger partial charge in [-0.05, 0) is 30.7 Å². The summed E-state index contributed by atoms with van der Waals surface area (Å²) in [6, 6.07) is 4.15. The largest absolute Gasteiger partial charge is 0.484 e. The number of carbonyl (C=O) groups is 1. The average molecular weight is 429 g/mol. The van der Waals surface area contributed by atoms with Crippen LogP contribution in [0.25, 0.3) is 10.2 Å². The van der Waals surface area contributed by atoms with Crippen LogP contribution in [0.1, 0.15) is 21.7 Å². The van der Waals surface area contributed by atoms with E-state index >= 15 is 0 Å². The Morgan fingerprint density at radius 1 is 1.40 bits per heavy atom. The molecular weight excluding hydrogens is 413 g/mol. The van der Waals surface area contributed by atoms with Gasteiger partial charge >= 0.3 is 5.97 Å². The van der Waals surface area contributed by atoms with Crippen LogP contribution >= 0.6 is 11.3 Å². The molecule has 3 heterocycles. The lowest BCUT2D eigenvalue weighted by atomic mass is 10.2. The maximum absolute atomic E-state index is 13.9. The molecule has 154 valence electrons. The van der Waals surface area contributed by atoms with Crippen molar-refractivity contribution in [3.63, 3.8) is 0 Å². The minimum absolute atomic E-state index is 0.135. The summed E-state index contributed by atoms with van der Waals surface area (Å²) >= 11 is 1.08.